The maximum Gasteiger partial charge on any atom is 0.314 e. The first-order chi connectivity index (χ1) is 13.0. The van der Waals surface area contributed by atoms with Crippen molar-refractivity contribution < 1.29 is 19.4 Å². The molecular formula is C21H24N2O4. The molecule has 0 amide bonds. The number of aryl methyl sites for hydroxylation is 1. The second-order valence-corrected chi connectivity index (χ2v) is 7.41. The number of hydrogen-bond acceptors (Lipinski definition) is 6. The number of phenols is 1. The molecule has 0 bridgehead atoms. The monoisotopic (exact) mass is 368 g/mol. The number of aromatic nitrogens is 1. The smallest absolute Gasteiger partial charge is 0.314 e. The maximum absolute atomic E-state index is 12.5. The van der Waals surface area contributed by atoms with Gasteiger partial charge in [0.25, 0.3) is 0 Å². The summed E-state index contributed by atoms with van der Waals surface area (Å²) in [7, 11) is 3.09. The molecule has 6 heteroatoms. The van der Waals surface area contributed by atoms with Crippen LogP contribution in [0, 0.1) is 18.3 Å². The fourth-order valence-electron chi connectivity index (χ4n) is 4.45. The molecule has 4 rings (SSSR count). The molecule has 1 saturated carbocycles. The third-order valence-electron chi connectivity index (χ3n) is 5.97. The van der Waals surface area contributed by atoms with Crippen LogP contribution in [0.15, 0.2) is 36.4 Å². The molecule has 27 heavy (non-hydrogen) atoms. The van der Waals surface area contributed by atoms with Crippen molar-refractivity contribution in [2.24, 2.45) is 11.3 Å². The highest BCUT2D eigenvalue weighted by Crippen LogP contribution is 2.62. The number of piperidine rings is 1. The van der Waals surface area contributed by atoms with Crippen molar-refractivity contribution in [2.75, 3.05) is 32.3 Å². The number of ether oxygens (including phenoxy) is 2. The number of pyridine rings is 1. The highest BCUT2D eigenvalue weighted by molar-refractivity contribution is 5.84. The maximum atomic E-state index is 12.5. The van der Waals surface area contributed by atoms with Gasteiger partial charge in [0.2, 0.25) is 0 Å². The van der Waals surface area contributed by atoms with Crippen LogP contribution >= 0.6 is 0 Å². The Labute approximate surface area is 158 Å². The van der Waals surface area contributed by atoms with Gasteiger partial charge in [0.1, 0.15) is 11.6 Å². The van der Waals surface area contributed by atoms with E-state index in [1.807, 2.05) is 43.3 Å². The van der Waals surface area contributed by atoms with E-state index in [1.54, 1.807) is 7.11 Å². The largest absolute Gasteiger partial charge is 0.507 e. The molecule has 3 atom stereocenters. The average Bonchev–Trinajstić information content (AvgIpc) is 3.33. The summed E-state index contributed by atoms with van der Waals surface area (Å²) in [5, 5.41) is 10.4. The van der Waals surface area contributed by atoms with Gasteiger partial charge in [-0.2, -0.15) is 0 Å². The Balaban J connectivity index is 1.70. The van der Waals surface area contributed by atoms with E-state index >= 15 is 0 Å². The zero-order valence-corrected chi connectivity index (χ0v) is 15.8. The molecule has 142 valence electrons. The number of fused-ring (bicyclic) bond motifs is 1. The predicted molar refractivity (Wildman–Crippen MR) is 102 cm³/mol. The van der Waals surface area contributed by atoms with E-state index in [0.717, 1.165) is 24.3 Å². The number of para-hydroxylation sites is 1. The summed E-state index contributed by atoms with van der Waals surface area (Å²) in [5.74, 6) is 1.13. The van der Waals surface area contributed by atoms with E-state index in [4.69, 9.17) is 14.5 Å². The fourth-order valence-corrected chi connectivity index (χ4v) is 4.45. The third kappa shape index (κ3) is 2.67. The lowest BCUT2D eigenvalue weighted by Crippen LogP contribution is -2.44. The van der Waals surface area contributed by atoms with Gasteiger partial charge < -0.3 is 19.5 Å². The summed E-state index contributed by atoms with van der Waals surface area (Å²) in [4.78, 5) is 19.4. The number of carbonyl (C=O) groups excluding carboxylic acids is 1. The molecule has 6 nitrogen and oxygen atoms in total. The van der Waals surface area contributed by atoms with Crippen LogP contribution in [0.4, 0.5) is 5.82 Å². The first-order valence-electron chi connectivity index (χ1n) is 9.13. The van der Waals surface area contributed by atoms with Gasteiger partial charge in [0.15, 0.2) is 0 Å². The van der Waals surface area contributed by atoms with E-state index in [9.17, 15) is 9.90 Å². The van der Waals surface area contributed by atoms with Crippen LogP contribution in [0.2, 0.25) is 0 Å². The van der Waals surface area contributed by atoms with Gasteiger partial charge in [-0.3, -0.25) is 4.79 Å². The van der Waals surface area contributed by atoms with Crippen molar-refractivity contribution in [1.82, 2.24) is 4.98 Å². The topological polar surface area (TPSA) is 71.9 Å². The Hall–Kier alpha value is -2.60. The Bertz CT molecular complexity index is 884. The number of hydrogen-bond donors (Lipinski definition) is 1. The van der Waals surface area contributed by atoms with Crippen LogP contribution in [-0.2, 0) is 14.3 Å². The summed E-state index contributed by atoms with van der Waals surface area (Å²) in [6, 6.07) is 11.3. The number of methoxy groups -OCH3 is 2. The van der Waals surface area contributed by atoms with Gasteiger partial charge in [-0.25, -0.2) is 4.98 Å². The van der Waals surface area contributed by atoms with Gasteiger partial charge >= 0.3 is 5.97 Å². The zero-order chi connectivity index (χ0) is 19.2. The van der Waals surface area contributed by atoms with Crippen LogP contribution < -0.4 is 4.90 Å². The van der Waals surface area contributed by atoms with Gasteiger partial charge in [0.05, 0.1) is 30.9 Å². The zero-order valence-electron chi connectivity index (χ0n) is 15.8. The third-order valence-corrected chi connectivity index (χ3v) is 5.97. The molecule has 1 aliphatic carbocycles. The van der Waals surface area contributed by atoms with Crippen molar-refractivity contribution in [2.45, 2.75) is 19.4 Å². The van der Waals surface area contributed by atoms with Gasteiger partial charge in [0, 0.05) is 19.2 Å². The van der Waals surface area contributed by atoms with Gasteiger partial charge in [-0.05, 0) is 43.0 Å². The standard InChI is InChI=1S/C21H24N2O4/c1-13-6-4-7-15(19(13)24)16-8-5-9-18(22-16)23-11-14-10-21(14,20(25)27-3)17(23)12-26-2/h4-9,14,17,24H,10-12H2,1-3H3/t14-,17-,21+/m0/s1. The van der Waals surface area contributed by atoms with Crippen LogP contribution in [-0.4, -0.2) is 49.5 Å². The minimum atomic E-state index is -0.492. The van der Waals surface area contributed by atoms with Gasteiger partial charge in [-0.1, -0.05) is 18.2 Å². The number of esters is 1. The molecule has 2 heterocycles. The van der Waals surface area contributed by atoms with Crippen molar-refractivity contribution in [3.63, 3.8) is 0 Å². The molecule has 2 fully saturated rings. The minimum absolute atomic E-state index is 0.103. The van der Waals surface area contributed by atoms with Crippen LogP contribution in [0.25, 0.3) is 11.3 Å². The lowest BCUT2D eigenvalue weighted by molar-refractivity contribution is -0.148. The van der Waals surface area contributed by atoms with E-state index in [1.165, 1.54) is 7.11 Å². The Morgan fingerprint density at radius 1 is 1.30 bits per heavy atom. The number of benzene rings is 1. The number of phenolic OH excluding ortho intramolecular Hbond substituents is 1. The number of nitrogens with zero attached hydrogens (tertiary/aromatic N) is 2. The Kier molecular flexibility index (Phi) is 4.30. The average molecular weight is 368 g/mol. The molecular weight excluding hydrogens is 344 g/mol. The van der Waals surface area contributed by atoms with Crippen LogP contribution in [0.5, 0.6) is 5.75 Å². The summed E-state index contributed by atoms with van der Waals surface area (Å²) >= 11 is 0. The second-order valence-electron chi connectivity index (χ2n) is 7.41. The van der Waals surface area contributed by atoms with Crippen molar-refractivity contribution in [3.8, 4) is 17.0 Å². The molecule has 1 aliphatic heterocycles. The first kappa shape index (κ1) is 17.8. The molecule has 0 spiro atoms. The lowest BCUT2D eigenvalue weighted by atomic mass is 9.96. The normalized spacial score (nSPS) is 26.0. The number of anilines is 1. The first-order valence-corrected chi connectivity index (χ1v) is 9.13. The molecule has 0 unspecified atom stereocenters. The highest BCUT2D eigenvalue weighted by atomic mass is 16.5. The lowest BCUT2D eigenvalue weighted by Gasteiger charge is -2.31. The van der Waals surface area contributed by atoms with E-state index in [2.05, 4.69) is 4.90 Å². The van der Waals surface area contributed by atoms with Crippen molar-refractivity contribution in [3.05, 3.63) is 42.0 Å². The van der Waals surface area contributed by atoms with Gasteiger partial charge in [-0.15, -0.1) is 0 Å². The Morgan fingerprint density at radius 3 is 2.81 bits per heavy atom. The number of rotatable bonds is 5. The number of aromatic hydroxyl groups is 1. The molecule has 1 N–H and O–H groups in total. The molecule has 2 aliphatic rings. The predicted octanol–water partition coefficient (Wildman–Crippen LogP) is 2.78. The Morgan fingerprint density at radius 2 is 2.07 bits per heavy atom. The summed E-state index contributed by atoms with van der Waals surface area (Å²) in [6.07, 6.45) is 0.836. The highest BCUT2D eigenvalue weighted by Gasteiger charge is 2.71. The summed E-state index contributed by atoms with van der Waals surface area (Å²) < 4.78 is 10.5. The van der Waals surface area contributed by atoms with Crippen molar-refractivity contribution in [1.29, 1.82) is 0 Å². The second kappa shape index (κ2) is 6.53. The molecule has 0 radical (unpaired) electrons. The van der Waals surface area contributed by atoms with E-state index in [0.29, 0.717) is 17.9 Å². The molecule has 1 aromatic heterocycles. The summed E-state index contributed by atoms with van der Waals surface area (Å²) in [6.45, 7) is 3.05. The van der Waals surface area contributed by atoms with Crippen LogP contribution in [0.1, 0.15) is 12.0 Å². The SMILES string of the molecule is COC[C@@H]1N(c2cccc(-c3cccc(C)c3O)n2)C[C@@H]2C[C@@]21C(=O)OC. The van der Waals surface area contributed by atoms with E-state index < -0.39 is 5.41 Å². The minimum Gasteiger partial charge on any atom is -0.507 e. The quantitative estimate of drug-likeness (QED) is 0.819. The van der Waals surface area contributed by atoms with E-state index in [-0.39, 0.29) is 23.7 Å². The van der Waals surface area contributed by atoms with Crippen molar-refractivity contribution >= 4 is 11.8 Å². The molecule has 1 saturated heterocycles. The summed E-state index contributed by atoms with van der Waals surface area (Å²) in [5.41, 5.74) is 1.72. The fraction of sp³-hybridized carbons (Fsp3) is 0.429. The molecule has 2 aromatic rings. The van der Waals surface area contributed by atoms with Crippen LogP contribution in [0.3, 0.4) is 0 Å². The number of carbonyl (C=O) groups is 1. The molecule has 1 aromatic carbocycles.